The predicted octanol–water partition coefficient (Wildman–Crippen LogP) is 5.41. The van der Waals surface area contributed by atoms with E-state index in [2.05, 4.69) is 16.0 Å². The van der Waals surface area contributed by atoms with Crippen molar-refractivity contribution < 1.29 is 14.3 Å². The van der Waals surface area contributed by atoms with Crippen LogP contribution in [0, 0.1) is 0 Å². The molecule has 4 aromatic carbocycles. The third-order valence-electron chi connectivity index (χ3n) is 5.79. The molecular formula is C31H29N3O3S. The van der Waals surface area contributed by atoms with E-state index in [1.54, 1.807) is 42.5 Å². The first-order valence-electron chi connectivity index (χ1n) is 12.4. The van der Waals surface area contributed by atoms with Gasteiger partial charge in [-0.1, -0.05) is 78.9 Å². The van der Waals surface area contributed by atoms with Gasteiger partial charge in [-0.15, -0.1) is 0 Å². The Balaban J connectivity index is 1.29. The fourth-order valence-corrected chi connectivity index (χ4v) is 4.04. The Bertz CT molecular complexity index is 1380. The number of hydrogen-bond acceptors (Lipinski definition) is 4. The van der Waals surface area contributed by atoms with Crippen LogP contribution in [0.3, 0.4) is 0 Å². The highest BCUT2D eigenvalue weighted by atomic mass is 32.1. The van der Waals surface area contributed by atoms with Crippen molar-refractivity contribution in [3.05, 3.63) is 131 Å². The van der Waals surface area contributed by atoms with Crippen molar-refractivity contribution in [1.82, 2.24) is 10.6 Å². The average Bonchev–Trinajstić information content (AvgIpc) is 2.94. The number of para-hydroxylation sites is 1. The molecule has 0 aliphatic heterocycles. The Morgan fingerprint density at radius 1 is 0.711 bits per heavy atom. The van der Waals surface area contributed by atoms with E-state index in [0.717, 1.165) is 18.4 Å². The van der Waals surface area contributed by atoms with Crippen LogP contribution in [0.1, 0.15) is 31.8 Å². The van der Waals surface area contributed by atoms with Gasteiger partial charge in [0.2, 0.25) is 0 Å². The molecule has 0 aromatic heterocycles. The molecule has 0 aliphatic rings. The summed E-state index contributed by atoms with van der Waals surface area (Å²) in [6.07, 6.45) is 1.50. The number of thiocarbonyl (C=S) groups is 1. The van der Waals surface area contributed by atoms with Crippen LogP contribution in [0.4, 0.5) is 5.69 Å². The molecule has 38 heavy (non-hydrogen) atoms. The molecule has 6 nitrogen and oxygen atoms in total. The van der Waals surface area contributed by atoms with Crippen molar-refractivity contribution in [3.8, 4) is 5.75 Å². The Morgan fingerprint density at radius 3 is 2.11 bits per heavy atom. The van der Waals surface area contributed by atoms with Crippen molar-refractivity contribution >= 4 is 34.8 Å². The molecule has 7 heteroatoms. The van der Waals surface area contributed by atoms with Gasteiger partial charge < -0.3 is 15.4 Å². The fourth-order valence-electron chi connectivity index (χ4n) is 3.84. The summed E-state index contributed by atoms with van der Waals surface area (Å²) >= 11 is 5.36. The summed E-state index contributed by atoms with van der Waals surface area (Å²) in [6, 6.07) is 34.0. The van der Waals surface area contributed by atoms with Gasteiger partial charge in [0.05, 0.1) is 17.9 Å². The minimum atomic E-state index is -0.374. The third-order valence-corrected chi connectivity index (χ3v) is 5.99. The summed E-state index contributed by atoms with van der Waals surface area (Å²) in [5, 5.41) is 8.68. The summed E-state index contributed by atoms with van der Waals surface area (Å²) in [5.74, 6) is 0.00397. The number of amides is 2. The van der Waals surface area contributed by atoms with Crippen LogP contribution in [0.5, 0.6) is 5.75 Å². The van der Waals surface area contributed by atoms with E-state index in [0.29, 0.717) is 35.7 Å². The first-order valence-corrected chi connectivity index (χ1v) is 12.8. The summed E-state index contributed by atoms with van der Waals surface area (Å²) in [5.41, 5.74) is 3.69. The number of hydrogen-bond donors (Lipinski definition) is 3. The lowest BCUT2D eigenvalue weighted by Crippen LogP contribution is -2.35. The second-order valence-electron chi connectivity index (χ2n) is 8.56. The molecule has 0 fully saturated rings. The molecule has 0 saturated carbocycles. The lowest BCUT2D eigenvalue weighted by Gasteiger charge is -2.14. The molecule has 0 atom stereocenters. The number of anilines is 1. The molecule has 0 spiro atoms. The summed E-state index contributed by atoms with van der Waals surface area (Å²) in [4.78, 5) is 25.6. The lowest BCUT2D eigenvalue weighted by molar-refractivity contribution is 0.0953. The molecule has 3 N–H and O–H groups in total. The van der Waals surface area contributed by atoms with Gasteiger partial charge in [0.15, 0.2) is 5.11 Å². The summed E-state index contributed by atoms with van der Waals surface area (Å²) < 4.78 is 5.83. The first-order chi connectivity index (χ1) is 18.6. The van der Waals surface area contributed by atoms with Gasteiger partial charge in [0.25, 0.3) is 11.8 Å². The summed E-state index contributed by atoms with van der Waals surface area (Å²) in [7, 11) is 0. The number of nitrogens with one attached hydrogen (secondary N) is 3. The normalized spacial score (nSPS) is 10.3. The van der Waals surface area contributed by atoms with Crippen molar-refractivity contribution in [1.29, 1.82) is 0 Å². The average molecular weight is 524 g/mol. The molecule has 0 heterocycles. The molecule has 4 rings (SSSR count). The Morgan fingerprint density at radius 2 is 1.37 bits per heavy atom. The number of benzene rings is 4. The number of carbonyl (C=O) groups is 2. The maximum Gasteiger partial charge on any atom is 0.257 e. The smallest absolute Gasteiger partial charge is 0.257 e. The Kier molecular flexibility index (Phi) is 9.59. The predicted molar refractivity (Wildman–Crippen MR) is 155 cm³/mol. The second kappa shape index (κ2) is 13.7. The SMILES string of the molecule is O=C(NC(=S)Nc1ccccc1C(=O)NCCc1ccccc1)c1cccc(OCCc2ccccc2)c1. The van der Waals surface area contributed by atoms with Gasteiger partial charge in [0, 0.05) is 18.5 Å². The maximum absolute atomic E-state index is 12.8. The van der Waals surface area contributed by atoms with E-state index < -0.39 is 0 Å². The molecular weight excluding hydrogens is 494 g/mol. The molecule has 0 saturated heterocycles. The largest absolute Gasteiger partial charge is 0.493 e. The van der Waals surface area contributed by atoms with Crippen LogP contribution in [0.25, 0.3) is 0 Å². The number of rotatable bonds is 10. The lowest BCUT2D eigenvalue weighted by atomic mass is 10.1. The van der Waals surface area contributed by atoms with Gasteiger partial charge in [0.1, 0.15) is 5.75 Å². The molecule has 192 valence electrons. The monoisotopic (exact) mass is 523 g/mol. The minimum Gasteiger partial charge on any atom is -0.493 e. The highest BCUT2D eigenvalue weighted by Gasteiger charge is 2.14. The zero-order valence-electron chi connectivity index (χ0n) is 20.9. The highest BCUT2D eigenvalue weighted by Crippen LogP contribution is 2.16. The van der Waals surface area contributed by atoms with E-state index in [1.165, 1.54) is 5.56 Å². The third kappa shape index (κ3) is 8.01. The molecule has 2 amide bonds. The van der Waals surface area contributed by atoms with Crippen LogP contribution in [-0.4, -0.2) is 30.1 Å². The fraction of sp³-hybridized carbons (Fsp3) is 0.129. The topological polar surface area (TPSA) is 79.5 Å². The zero-order valence-corrected chi connectivity index (χ0v) is 21.7. The van der Waals surface area contributed by atoms with Crippen molar-refractivity contribution in [2.24, 2.45) is 0 Å². The van der Waals surface area contributed by atoms with Crippen LogP contribution in [0.15, 0.2) is 109 Å². The van der Waals surface area contributed by atoms with Gasteiger partial charge in [-0.2, -0.15) is 0 Å². The van der Waals surface area contributed by atoms with E-state index in [9.17, 15) is 9.59 Å². The highest BCUT2D eigenvalue weighted by molar-refractivity contribution is 7.80. The van der Waals surface area contributed by atoms with Crippen molar-refractivity contribution in [3.63, 3.8) is 0 Å². The Labute approximate surface area is 228 Å². The molecule has 0 unspecified atom stereocenters. The maximum atomic E-state index is 12.8. The van der Waals surface area contributed by atoms with Crippen LogP contribution in [-0.2, 0) is 12.8 Å². The van der Waals surface area contributed by atoms with Crippen LogP contribution >= 0.6 is 12.2 Å². The minimum absolute atomic E-state index is 0.0925. The van der Waals surface area contributed by atoms with Crippen molar-refractivity contribution in [2.45, 2.75) is 12.8 Å². The Hall–Kier alpha value is -4.49. The van der Waals surface area contributed by atoms with Gasteiger partial charge in [-0.25, -0.2) is 0 Å². The van der Waals surface area contributed by atoms with E-state index in [4.69, 9.17) is 17.0 Å². The molecule has 4 aromatic rings. The first kappa shape index (κ1) is 26.6. The van der Waals surface area contributed by atoms with Gasteiger partial charge >= 0.3 is 0 Å². The van der Waals surface area contributed by atoms with E-state index >= 15 is 0 Å². The quantitative estimate of drug-likeness (QED) is 0.242. The molecule has 0 bridgehead atoms. The van der Waals surface area contributed by atoms with E-state index in [-0.39, 0.29) is 16.9 Å². The molecule has 0 radical (unpaired) electrons. The van der Waals surface area contributed by atoms with E-state index in [1.807, 2.05) is 66.7 Å². The summed E-state index contributed by atoms with van der Waals surface area (Å²) in [6.45, 7) is 1.00. The number of ether oxygens (including phenoxy) is 1. The van der Waals surface area contributed by atoms with Gasteiger partial charge in [-0.05, 0) is 60.1 Å². The van der Waals surface area contributed by atoms with Crippen LogP contribution < -0.4 is 20.7 Å². The van der Waals surface area contributed by atoms with Crippen LogP contribution in [0.2, 0.25) is 0 Å². The van der Waals surface area contributed by atoms with Crippen molar-refractivity contribution in [2.75, 3.05) is 18.5 Å². The number of carbonyl (C=O) groups excluding carboxylic acids is 2. The molecule has 0 aliphatic carbocycles. The van der Waals surface area contributed by atoms with Gasteiger partial charge in [-0.3, -0.25) is 14.9 Å². The standard InChI is InChI=1S/C31H29N3O3S/c35-29(25-14-9-15-26(22-25)37-21-19-24-12-5-2-6-13-24)34-31(38)33-28-17-8-7-16-27(28)30(36)32-20-18-23-10-3-1-4-11-23/h1-17,22H,18-21H2,(H,32,36)(H2,33,34,35,38). The second-order valence-corrected chi connectivity index (χ2v) is 8.97. The zero-order chi connectivity index (χ0) is 26.6.